The second-order valence-electron chi connectivity index (χ2n) is 4.70. The van der Waals surface area contributed by atoms with Crippen molar-refractivity contribution in [3.05, 3.63) is 53.1 Å². The monoisotopic (exact) mass is 274 g/mol. The molecule has 0 fully saturated rings. The first-order chi connectivity index (χ1) is 9.56. The van der Waals surface area contributed by atoms with Crippen molar-refractivity contribution in [1.82, 2.24) is 0 Å². The van der Waals surface area contributed by atoms with E-state index >= 15 is 0 Å². The van der Waals surface area contributed by atoms with Crippen LogP contribution in [0.5, 0.6) is 17.2 Å². The van der Waals surface area contributed by atoms with Crippen LogP contribution in [-0.4, -0.2) is 22.4 Å². The fourth-order valence-electron chi connectivity index (χ4n) is 2.18. The number of rotatable bonds is 4. The van der Waals surface area contributed by atoms with E-state index in [1.165, 1.54) is 19.2 Å². The number of ether oxygens (including phenoxy) is 1. The maximum absolute atomic E-state index is 10.0. The lowest BCUT2D eigenvalue weighted by Gasteiger charge is -2.16. The summed E-state index contributed by atoms with van der Waals surface area (Å²) < 4.78 is 4.96. The van der Waals surface area contributed by atoms with E-state index in [1.807, 2.05) is 31.2 Å². The summed E-state index contributed by atoms with van der Waals surface area (Å²) in [4.78, 5) is 0. The van der Waals surface area contributed by atoms with Crippen LogP contribution in [0, 0.1) is 0 Å². The second-order valence-corrected chi connectivity index (χ2v) is 4.70. The van der Waals surface area contributed by atoms with Crippen molar-refractivity contribution in [3.8, 4) is 17.2 Å². The Bertz CT molecular complexity index is 590. The number of aliphatic hydroxyl groups excluding tert-OH is 1. The fraction of sp³-hybridized carbons (Fsp3) is 0.250. The van der Waals surface area contributed by atoms with Crippen LogP contribution in [0.2, 0.25) is 0 Å². The van der Waals surface area contributed by atoms with Crippen LogP contribution in [0.3, 0.4) is 0 Å². The molecule has 0 radical (unpaired) electrons. The Morgan fingerprint density at radius 2 is 1.70 bits per heavy atom. The maximum Gasteiger partial charge on any atom is 0.164 e. The van der Waals surface area contributed by atoms with E-state index < -0.39 is 0 Å². The van der Waals surface area contributed by atoms with Crippen LogP contribution >= 0.6 is 0 Å². The molecule has 2 rings (SSSR count). The molecule has 20 heavy (non-hydrogen) atoms. The first-order valence-electron chi connectivity index (χ1n) is 6.36. The minimum Gasteiger partial charge on any atom is -0.508 e. The van der Waals surface area contributed by atoms with Gasteiger partial charge < -0.3 is 20.1 Å². The average Bonchev–Trinajstić information content (AvgIpc) is 2.48. The van der Waals surface area contributed by atoms with Crippen molar-refractivity contribution in [2.24, 2.45) is 0 Å². The van der Waals surface area contributed by atoms with Gasteiger partial charge in [0.25, 0.3) is 0 Å². The van der Waals surface area contributed by atoms with Crippen molar-refractivity contribution >= 4 is 0 Å². The zero-order chi connectivity index (χ0) is 14.7. The van der Waals surface area contributed by atoms with E-state index in [1.54, 1.807) is 0 Å². The maximum atomic E-state index is 10.0. The molecule has 0 bridgehead atoms. The molecule has 3 N–H and O–H groups in total. The SMILES string of the molecule is COc1cc(O)c(C(C)c2ccc(CO)cc2)cc1O. The first kappa shape index (κ1) is 14.2. The van der Waals surface area contributed by atoms with Gasteiger partial charge in [-0.15, -0.1) is 0 Å². The number of hydrogen-bond acceptors (Lipinski definition) is 4. The third-order valence-corrected chi connectivity index (χ3v) is 3.46. The zero-order valence-electron chi connectivity index (χ0n) is 11.5. The van der Waals surface area contributed by atoms with Crippen LogP contribution in [0.4, 0.5) is 0 Å². The number of benzene rings is 2. The number of phenolic OH excluding ortho intramolecular Hbond substituents is 2. The minimum atomic E-state index is -0.0838. The normalized spacial score (nSPS) is 12.2. The summed E-state index contributed by atoms with van der Waals surface area (Å²) in [6.45, 7) is 1.94. The van der Waals surface area contributed by atoms with Gasteiger partial charge in [-0.2, -0.15) is 0 Å². The fourth-order valence-corrected chi connectivity index (χ4v) is 2.18. The van der Waals surface area contributed by atoms with Gasteiger partial charge in [0.15, 0.2) is 11.5 Å². The lowest BCUT2D eigenvalue weighted by molar-refractivity contribution is 0.282. The Labute approximate surface area is 117 Å². The van der Waals surface area contributed by atoms with Crippen LogP contribution in [0.15, 0.2) is 36.4 Å². The van der Waals surface area contributed by atoms with Crippen LogP contribution in [0.25, 0.3) is 0 Å². The average molecular weight is 274 g/mol. The Kier molecular flexibility index (Phi) is 4.15. The summed E-state index contributed by atoms with van der Waals surface area (Å²) in [5.74, 6) is 0.242. The van der Waals surface area contributed by atoms with Crippen LogP contribution < -0.4 is 4.74 Å². The molecular weight excluding hydrogens is 256 g/mol. The molecule has 0 aliphatic heterocycles. The summed E-state index contributed by atoms with van der Waals surface area (Å²) in [6, 6.07) is 10.4. The van der Waals surface area contributed by atoms with E-state index in [0.29, 0.717) is 5.56 Å². The Morgan fingerprint density at radius 3 is 2.25 bits per heavy atom. The molecule has 0 aromatic heterocycles. The minimum absolute atomic E-state index is 0.000807. The number of aliphatic hydroxyl groups is 1. The summed E-state index contributed by atoms with van der Waals surface area (Å²) in [5, 5.41) is 28.9. The quantitative estimate of drug-likeness (QED) is 0.750. The van der Waals surface area contributed by atoms with Crippen molar-refractivity contribution in [2.45, 2.75) is 19.4 Å². The molecule has 0 saturated carbocycles. The molecule has 2 aromatic rings. The van der Waals surface area contributed by atoms with Crippen LogP contribution in [0.1, 0.15) is 29.5 Å². The van der Waals surface area contributed by atoms with Crippen molar-refractivity contribution in [2.75, 3.05) is 7.11 Å². The van der Waals surface area contributed by atoms with Gasteiger partial charge in [-0.1, -0.05) is 31.2 Å². The largest absolute Gasteiger partial charge is 0.508 e. The molecule has 106 valence electrons. The molecular formula is C16H18O4. The number of aromatic hydroxyl groups is 2. The standard InChI is InChI=1S/C16H18O4/c1-10(12-5-3-11(9-17)4-6-12)13-7-15(19)16(20-2)8-14(13)18/h3-8,10,17-19H,9H2,1-2H3. The molecule has 1 unspecified atom stereocenters. The topological polar surface area (TPSA) is 69.9 Å². The Hall–Kier alpha value is -2.20. The summed E-state index contributed by atoms with van der Waals surface area (Å²) >= 11 is 0. The predicted octanol–water partition coefficient (Wildman–Crippen LogP) is 2.75. The molecule has 0 aliphatic carbocycles. The summed E-state index contributed by atoms with van der Waals surface area (Å²) in [6.07, 6.45) is 0. The highest BCUT2D eigenvalue weighted by atomic mass is 16.5. The molecule has 2 aromatic carbocycles. The molecule has 0 saturated heterocycles. The van der Waals surface area contributed by atoms with Gasteiger partial charge in [-0.25, -0.2) is 0 Å². The number of methoxy groups -OCH3 is 1. The number of phenols is 2. The molecule has 1 atom stereocenters. The highest BCUT2D eigenvalue weighted by Crippen LogP contribution is 2.38. The third-order valence-electron chi connectivity index (χ3n) is 3.46. The Balaban J connectivity index is 2.36. The summed E-state index contributed by atoms with van der Waals surface area (Å²) in [7, 11) is 1.44. The van der Waals surface area contributed by atoms with Crippen molar-refractivity contribution in [3.63, 3.8) is 0 Å². The van der Waals surface area contributed by atoms with Gasteiger partial charge in [-0.05, 0) is 17.2 Å². The van der Waals surface area contributed by atoms with Gasteiger partial charge in [-0.3, -0.25) is 0 Å². The van der Waals surface area contributed by atoms with Gasteiger partial charge in [0.1, 0.15) is 5.75 Å². The molecule has 0 spiro atoms. The second kappa shape index (κ2) is 5.84. The summed E-state index contributed by atoms with van der Waals surface area (Å²) in [5.41, 5.74) is 2.45. The predicted molar refractivity (Wildman–Crippen MR) is 76.2 cm³/mol. The molecule has 0 aliphatic rings. The first-order valence-corrected chi connectivity index (χ1v) is 6.36. The smallest absolute Gasteiger partial charge is 0.164 e. The molecule has 4 nitrogen and oxygen atoms in total. The van der Waals surface area contributed by atoms with E-state index in [-0.39, 0.29) is 29.8 Å². The van der Waals surface area contributed by atoms with E-state index in [4.69, 9.17) is 9.84 Å². The molecule has 4 heteroatoms. The molecule has 0 amide bonds. The van der Waals surface area contributed by atoms with Gasteiger partial charge in [0, 0.05) is 17.5 Å². The highest BCUT2D eigenvalue weighted by Gasteiger charge is 2.16. The van der Waals surface area contributed by atoms with Gasteiger partial charge in [0.05, 0.1) is 13.7 Å². The van der Waals surface area contributed by atoms with E-state index in [2.05, 4.69) is 0 Å². The zero-order valence-corrected chi connectivity index (χ0v) is 11.5. The van der Waals surface area contributed by atoms with Crippen molar-refractivity contribution in [1.29, 1.82) is 0 Å². The van der Waals surface area contributed by atoms with Crippen molar-refractivity contribution < 1.29 is 20.1 Å². The van der Waals surface area contributed by atoms with Gasteiger partial charge in [0.2, 0.25) is 0 Å². The van der Waals surface area contributed by atoms with E-state index in [0.717, 1.165) is 11.1 Å². The van der Waals surface area contributed by atoms with Gasteiger partial charge >= 0.3 is 0 Å². The van der Waals surface area contributed by atoms with E-state index in [9.17, 15) is 10.2 Å². The lowest BCUT2D eigenvalue weighted by atomic mass is 9.91. The highest BCUT2D eigenvalue weighted by molar-refractivity contribution is 5.52. The Morgan fingerprint density at radius 1 is 1.05 bits per heavy atom. The lowest BCUT2D eigenvalue weighted by Crippen LogP contribution is -1.98. The third kappa shape index (κ3) is 2.70. The molecule has 0 heterocycles. The number of hydrogen-bond donors (Lipinski definition) is 3. The van der Waals surface area contributed by atoms with Crippen LogP contribution in [-0.2, 0) is 6.61 Å².